The molecule has 1 aromatic carbocycles. The van der Waals surface area contributed by atoms with Gasteiger partial charge < -0.3 is 15.4 Å². The van der Waals surface area contributed by atoms with Crippen LogP contribution in [0.1, 0.15) is 17.5 Å². The van der Waals surface area contributed by atoms with Crippen LogP contribution in [-0.4, -0.2) is 50.7 Å². The van der Waals surface area contributed by atoms with Crippen LogP contribution in [0.5, 0.6) is 0 Å². The van der Waals surface area contributed by atoms with E-state index in [1.165, 1.54) is 18.2 Å². The Hall–Kier alpha value is -2.93. The molecule has 1 saturated heterocycles. The molecule has 200 valence electrons. The molecule has 1 aliphatic rings. The van der Waals surface area contributed by atoms with Gasteiger partial charge in [0.15, 0.2) is 5.03 Å². The lowest BCUT2D eigenvalue weighted by Crippen LogP contribution is -2.48. The van der Waals surface area contributed by atoms with Crippen LogP contribution >= 0.6 is 12.4 Å². The van der Waals surface area contributed by atoms with Crippen LogP contribution in [0.3, 0.4) is 0 Å². The van der Waals surface area contributed by atoms with E-state index in [2.05, 4.69) is 25.3 Å². The second-order valence-corrected chi connectivity index (χ2v) is 10.0. The number of aryl methyl sites for hydroxylation is 1. The first-order valence-electron chi connectivity index (χ1n) is 11.2. The number of ether oxygens (including phenoxy) is 1. The van der Waals surface area contributed by atoms with Crippen LogP contribution in [0.4, 0.5) is 24.8 Å². The molecular formula is C24H27ClF3N5O3S. The first-order chi connectivity index (χ1) is 17.1. The van der Waals surface area contributed by atoms with Crippen LogP contribution in [0.15, 0.2) is 59.6 Å². The molecule has 0 saturated carbocycles. The van der Waals surface area contributed by atoms with Gasteiger partial charge in [0.2, 0.25) is 0 Å². The van der Waals surface area contributed by atoms with Gasteiger partial charge in [0.05, 0.1) is 23.4 Å². The van der Waals surface area contributed by atoms with Crippen molar-refractivity contribution in [3.8, 4) is 11.3 Å². The fourth-order valence-corrected chi connectivity index (χ4v) is 5.03. The number of piperidine rings is 1. The molecule has 0 amide bonds. The molecule has 2 atom stereocenters. The Balaban J connectivity index is 0.00000380. The average molecular weight is 558 g/mol. The number of nitrogens with zero attached hydrogens (tertiary/aromatic N) is 2. The highest BCUT2D eigenvalue weighted by molar-refractivity contribution is 7.92. The van der Waals surface area contributed by atoms with Crippen molar-refractivity contribution in [2.45, 2.75) is 36.7 Å². The number of hydrogen-bond acceptors (Lipinski definition) is 7. The summed E-state index contributed by atoms with van der Waals surface area (Å²) in [6.45, 7) is 3.09. The van der Waals surface area contributed by atoms with Crippen molar-refractivity contribution in [1.82, 2.24) is 15.3 Å². The SMILES string of the molecule is CO[C@H]1CNCC[C@H]1Nc1cccc(S(=O)(=O)Nc2ccc(C(F)(F)F)c(-c3ccccc3C)n2)n1.Cl. The Labute approximate surface area is 219 Å². The Kier molecular flexibility index (Phi) is 9.00. The summed E-state index contributed by atoms with van der Waals surface area (Å²) >= 11 is 0. The third-order valence-corrected chi connectivity index (χ3v) is 7.16. The molecule has 13 heteroatoms. The number of rotatable bonds is 7. The van der Waals surface area contributed by atoms with Gasteiger partial charge in [0, 0.05) is 19.2 Å². The summed E-state index contributed by atoms with van der Waals surface area (Å²) in [5.74, 6) is 0.0898. The van der Waals surface area contributed by atoms with Crippen molar-refractivity contribution in [2.75, 3.05) is 30.2 Å². The highest BCUT2D eigenvalue weighted by atomic mass is 35.5. The van der Waals surface area contributed by atoms with Crippen LogP contribution < -0.4 is 15.4 Å². The Morgan fingerprint density at radius 1 is 1.03 bits per heavy atom. The number of nitrogens with one attached hydrogen (secondary N) is 3. The molecule has 3 heterocycles. The number of hydrogen-bond donors (Lipinski definition) is 3. The summed E-state index contributed by atoms with van der Waals surface area (Å²) in [5.41, 5.74) is -0.493. The molecule has 8 nitrogen and oxygen atoms in total. The minimum atomic E-state index is -4.67. The van der Waals surface area contributed by atoms with Crippen molar-refractivity contribution in [2.24, 2.45) is 0 Å². The fraction of sp³-hybridized carbons (Fsp3) is 0.333. The number of anilines is 2. The summed E-state index contributed by atoms with van der Waals surface area (Å²) in [4.78, 5) is 8.25. The van der Waals surface area contributed by atoms with Crippen LogP contribution in [0.2, 0.25) is 0 Å². The predicted octanol–water partition coefficient (Wildman–Crippen LogP) is 4.48. The average Bonchev–Trinajstić information content (AvgIpc) is 2.84. The lowest BCUT2D eigenvalue weighted by molar-refractivity contribution is -0.137. The summed E-state index contributed by atoms with van der Waals surface area (Å²) in [7, 11) is -2.64. The van der Waals surface area contributed by atoms with E-state index in [-0.39, 0.29) is 46.7 Å². The van der Waals surface area contributed by atoms with Crippen LogP contribution in [0.25, 0.3) is 11.3 Å². The zero-order chi connectivity index (χ0) is 25.9. The molecular weight excluding hydrogens is 531 g/mol. The maximum absolute atomic E-state index is 13.7. The quantitative estimate of drug-likeness (QED) is 0.393. The minimum absolute atomic E-state index is 0. The van der Waals surface area contributed by atoms with Gasteiger partial charge in [-0.2, -0.15) is 21.6 Å². The van der Waals surface area contributed by atoms with Crippen molar-refractivity contribution in [1.29, 1.82) is 0 Å². The topological polar surface area (TPSA) is 105 Å². The van der Waals surface area contributed by atoms with E-state index < -0.39 is 21.8 Å². The predicted molar refractivity (Wildman–Crippen MR) is 137 cm³/mol. The number of alkyl halides is 3. The van der Waals surface area contributed by atoms with E-state index >= 15 is 0 Å². The van der Waals surface area contributed by atoms with E-state index in [0.29, 0.717) is 17.9 Å². The van der Waals surface area contributed by atoms with E-state index in [1.807, 2.05) is 0 Å². The Morgan fingerprint density at radius 3 is 2.49 bits per heavy atom. The smallest absolute Gasteiger partial charge is 0.378 e. The Morgan fingerprint density at radius 2 is 1.78 bits per heavy atom. The second kappa shape index (κ2) is 11.6. The maximum Gasteiger partial charge on any atom is 0.418 e. The molecule has 37 heavy (non-hydrogen) atoms. The first-order valence-corrected chi connectivity index (χ1v) is 12.7. The normalized spacial score (nSPS) is 18.1. The van der Waals surface area contributed by atoms with Crippen molar-refractivity contribution in [3.05, 3.63) is 65.7 Å². The van der Waals surface area contributed by atoms with Gasteiger partial charge in [0.1, 0.15) is 11.6 Å². The van der Waals surface area contributed by atoms with Gasteiger partial charge in [-0.05, 0) is 49.7 Å². The van der Waals surface area contributed by atoms with Gasteiger partial charge in [-0.25, -0.2) is 9.97 Å². The molecule has 0 aliphatic carbocycles. The van der Waals surface area contributed by atoms with Gasteiger partial charge in [-0.15, -0.1) is 12.4 Å². The lowest BCUT2D eigenvalue weighted by atomic mass is 10.0. The third kappa shape index (κ3) is 6.69. The summed E-state index contributed by atoms with van der Waals surface area (Å²) in [6.07, 6.45) is -4.03. The van der Waals surface area contributed by atoms with Gasteiger partial charge in [-0.3, -0.25) is 4.72 Å². The summed E-state index contributed by atoms with van der Waals surface area (Å²) in [5, 5.41) is 6.14. The highest BCUT2D eigenvalue weighted by Gasteiger charge is 2.35. The van der Waals surface area contributed by atoms with E-state index in [1.54, 1.807) is 38.3 Å². The minimum Gasteiger partial charge on any atom is -0.378 e. The second-order valence-electron chi connectivity index (χ2n) is 8.39. The van der Waals surface area contributed by atoms with Crippen molar-refractivity contribution < 1.29 is 26.3 Å². The maximum atomic E-state index is 13.7. The summed E-state index contributed by atoms with van der Waals surface area (Å²) in [6, 6.07) is 12.7. The van der Waals surface area contributed by atoms with Gasteiger partial charge in [0.25, 0.3) is 10.0 Å². The molecule has 4 rings (SSSR count). The zero-order valence-corrected chi connectivity index (χ0v) is 21.7. The molecule has 0 spiro atoms. The number of pyridine rings is 2. The molecule has 0 radical (unpaired) electrons. The van der Waals surface area contributed by atoms with Crippen molar-refractivity contribution in [3.63, 3.8) is 0 Å². The number of benzene rings is 1. The van der Waals surface area contributed by atoms with Gasteiger partial charge in [-0.1, -0.05) is 30.3 Å². The highest BCUT2D eigenvalue weighted by Crippen LogP contribution is 2.38. The van der Waals surface area contributed by atoms with E-state index in [0.717, 1.165) is 25.1 Å². The van der Waals surface area contributed by atoms with Crippen molar-refractivity contribution >= 4 is 34.1 Å². The third-order valence-electron chi connectivity index (χ3n) is 5.90. The molecule has 1 aliphatic heterocycles. The number of sulfonamides is 1. The zero-order valence-electron chi connectivity index (χ0n) is 20.0. The van der Waals surface area contributed by atoms with Crippen LogP contribution in [0, 0.1) is 6.92 Å². The molecule has 3 N–H and O–H groups in total. The summed E-state index contributed by atoms with van der Waals surface area (Å²) < 4.78 is 74.9. The van der Waals surface area contributed by atoms with E-state index in [9.17, 15) is 21.6 Å². The number of aromatic nitrogens is 2. The molecule has 2 aromatic heterocycles. The number of halogens is 4. The Bertz CT molecular complexity index is 1340. The lowest BCUT2D eigenvalue weighted by Gasteiger charge is -2.32. The molecule has 0 unspecified atom stereocenters. The van der Waals surface area contributed by atoms with Gasteiger partial charge >= 0.3 is 6.18 Å². The number of methoxy groups -OCH3 is 1. The monoisotopic (exact) mass is 557 g/mol. The molecule has 3 aromatic rings. The molecule has 0 bridgehead atoms. The fourth-order valence-electron chi connectivity index (χ4n) is 4.06. The largest absolute Gasteiger partial charge is 0.418 e. The molecule has 1 fully saturated rings. The first kappa shape index (κ1) is 28.6. The van der Waals surface area contributed by atoms with E-state index in [4.69, 9.17) is 4.74 Å². The standard InChI is InChI=1S/C24H26F3N5O3S.ClH/c1-15-6-3-4-7-16(15)23-17(24(25,26)27)10-11-21(31-23)32-36(33,34)22-9-5-8-20(30-22)29-18-12-13-28-14-19(18)35-2;/h3-11,18-19,28H,12-14H2,1-2H3,(H,29,30)(H,31,32);1H/t18-,19+;/m1./s1. The van der Waals surface area contributed by atoms with Crippen LogP contribution in [-0.2, 0) is 20.9 Å².